The van der Waals surface area contributed by atoms with Gasteiger partial charge in [-0.05, 0) is 30.2 Å². The minimum Gasteiger partial charge on any atom is -0.493 e. The molecule has 25 heavy (non-hydrogen) atoms. The number of aryl methyl sites for hydroxylation is 1. The van der Waals surface area contributed by atoms with Crippen LogP contribution in [0.25, 0.3) is 22.5 Å². The van der Waals surface area contributed by atoms with Gasteiger partial charge in [-0.3, -0.25) is 9.48 Å². The lowest BCUT2D eigenvalue weighted by Gasteiger charge is -2.09. The average molecular weight is 332 g/mol. The van der Waals surface area contributed by atoms with Crippen molar-refractivity contribution in [1.29, 1.82) is 0 Å². The quantitative estimate of drug-likeness (QED) is 0.558. The second-order valence-corrected chi connectivity index (χ2v) is 6.80. The van der Waals surface area contributed by atoms with Gasteiger partial charge in [-0.25, -0.2) is 0 Å². The van der Waals surface area contributed by atoms with Crippen molar-refractivity contribution in [2.45, 2.75) is 13.8 Å². The average Bonchev–Trinajstić information content (AvgIpc) is 3.11. The summed E-state index contributed by atoms with van der Waals surface area (Å²) in [6, 6.07) is 15.5. The monoisotopic (exact) mass is 332 g/mol. The highest BCUT2D eigenvalue weighted by Crippen LogP contribution is 2.41. The predicted octanol–water partition coefficient (Wildman–Crippen LogP) is 4.33. The molecule has 0 spiro atoms. The van der Waals surface area contributed by atoms with Gasteiger partial charge < -0.3 is 4.74 Å². The SMILES string of the molecule is CC(C)COc1ccc(-c2nn(C)c3c2C(=O)c2ccccc2-3)cc1. The van der Waals surface area contributed by atoms with Crippen molar-refractivity contribution in [3.63, 3.8) is 0 Å². The molecule has 1 aliphatic rings. The maximum Gasteiger partial charge on any atom is 0.198 e. The standard InChI is InChI=1S/C21H20N2O2/c1-13(2)12-25-15-10-8-14(9-11-15)19-18-20(23(3)22-19)16-6-4-5-7-17(16)21(18)24/h4-11,13H,12H2,1-3H3. The number of carbonyl (C=O) groups is 1. The van der Waals surface area contributed by atoms with Gasteiger partial charge in [0.15, 0.2) is 5.78 Å². The molecule has 0 bridgehead atoms. The van der Waals surface area contributed by atoms with Crippen LogP contribution >= 0.6 is 0 Å². The van der Waals surface area contributed by atoms with E-state index in [4.69, 9.17) is 4.74 Å². The van der Waals surface area contributed by atoms with Gasteiger partial charge in [0.25, 0.3) is 0 Å². The number of nitrogens with zero attached hydrogens (tertiary/aromatic N) is 2. The van der Waals surface area contributed by atoms with Gasteiger partial charge in [-0.15, -0.1) is 0 Å². The first kappa shape index (κ1) is 15.6. The van der Waals surface area contributed by atoms with Crippen LogP contribution in [0, 0.1) is 5.92 Å². The molecule has 0 unspecified atom stereocenters. The summed E-state index contributed by atoms with van der Waals surface area (Å²) in [5.41, 5.74) is 4.96. The Bertz CT molecular complexity index is 953. The van der Waals surface area contributed by atoms with Gasteiger partial charge in [0, 0.05) is 23.7 Å². The lowest BCUT2D eigenvalue weighted by molar-refractivity contribution is 0.104. The molecule has 126 valence electrons. The zero-order chi connectivity index (χ0) is 17.6. The number of carbonyl (C=O) groups excluding carboxylic acids is 1. The van der Waals surface area contributed by atoms with Gasteiger partial charge in [-0.1, -0.05) is 38.1 Å². The summed E-state index contributed by atoms with van der Waals surface area (Å²) >= 11 is 0. The Morgan fingerprint density at radius 2 is 1.72 bits per heavy atom. The third-order valence-corrected chi connectivity index (χ3v) is 4.41. The van der Waals surface area contributed by atoms with Crippen molar-refractivity contribution in [2.75, 3.05) is 6.61 Å². The van der Waals surface area contributed by atoms with Crippen molar-refractivity contribution in [3.8, 4) is 28.3 Å². The maximum absolute atomic E-state index is 12.9. The van der Waals surface area contributed by atoms with Crippen LogP contribution in [-0.2, 0) is 7.05 Å². The zero-order valence-corrected chi connectivity index (χ0v) is 14.6. The fourth-order valence-electron chi connectivity index (χ4n) is 3.24. The molecular weight excluding hydrogens is 312 g/mol. The van der Waals surface area contributed by atoms with E-state index in [1.165, 1.54) is 0 Å². The molecule has 0 saturated carbocycles. The van der Waals surface area contributed by atoms with Crippen LogP contribution in [0.15, 0.2) is 48.5 Å². The molecule has 0 fully saturated rings. The van der Waals surface area contributed by atoms with Crippen LogP contribution in [-0.4, -0.2) is 22.2 Å². The molecule has 4 rings (SSSR count). The molecule has 0 radical (unpaired) electrons. The van der Waals surface area contributed by atoms with Crippen LogP contribution in [0.2, 0.25) is 0 Å². The lowest BCUT2D eigenvalue weighted by atomic mass is 10.0. The fourth-order valence-corrected chi connectivity index (χ4v) is 3.24. The van der Waals surface area contributed by atoms with Crippen molar-refractivity contribution in [3.05, 3.63) is 59.7 Å². The van der Waals surface area contributed by atoms with Crippen molar-refractivity contribution >= 4 is 5.78 Å². The summed E-state index contributed by atoms with van der Waals surface area (Å²) in [6.07, 6.45) is 0. The Morgan fingerprint density at radius 1 is 1.04 bits per heavy atom. The van der Waals surface area contributed by atoms with E-state index in [0.29, 0.717) is 18.1 Å². The van der Waals surface area contributed by atoms with Gasteiger partial charge in [-0.2, -0.15) is 5.10 Å². The molecule has 1 heterocycles. The number of ketones is 1. The largest absolute Gasteiger partial charge is 0.493 e. The molecule has 4 nitrogen and oxygen atoms in total. The van der Waals surface area contributed by atoms with E-state index in [-0.39, 0.29) is 5.78 Å². The summed E-state index contributed by atoms with van der Waals surface area (Å²) in [7, 11) is 1.89. The smallest absolute Gasteiger partial charge is 0.198 e. The molecule has 1 aliphatic carbocycles. The van der Waals surface area contributed by atoms with E-state index in [1.807, 2.05) is 55.6 Å². The Kier molecular flexibility index (Phi) is 3.68. The zero-order valence-electron chi connectivity index (χ0n) is 14.6. The molecule has 2 aromatic carbocycles. The summed E-state index contributed by atoms with van der Waals surface area (Å²) < 4.78 is 7.54. The van der Waals surface area contributed by atoms with E-state index in [9.17, 15) is 4.79 Å². The summed E-state index contributed by atoms with van der Waals surface area (Å²) in [5, 5.41) is 4.61. The first-order valence-corrected chi connectivity index (χ1v) is 8.50. The summed E-state index contributed by atoms with van der Waals surface area (Å²) in [4.78, 5) is 12.9. The third kappa shape index (κ3) is 2.54. The van der Waals surface area contributed by atoms with Crippen molar-refractivity contribution in [1.82, 2.24) is 9.78 Å². The second kappa shape index (κ2) is 5.88. The van der Waals surface area contributed by atoms with E-state index >= 15 is 0 Å². The predicted molar refractivity (Wildman–Crippen MR) is 97.8 cm³/mol. The molecule has 1 aromatic heterocycles. The molecule has 0 amide bonds. The van der Waals surface area contributed by atoms with Crippen LogP contribution in [0.4, 0.5) is 0 Å². The minimum atomic E-state index is 0.0498. The van der Waals surface area contributed by atoms with Gasteiger partial charge >= 0.3 is 0 Å². The minimum absolute atomic E-state index is 0.0498. The number of benzene rings is 2. The highest BCUT2D eigenvalue weighted by Gasteiger charge is 2.33. The summed E-state index contributed by atoms with van der Waals surface area (Å²) in [5.74, 6) is 1.36. The maximum atomic E-state index is 12.9. The van der Waals surface area contributed by atoms with Crippen LogP contribution < -0.4 is 4.74 Å². The first-order valence-electron chi connectivity index (χ1n) is 8.50. The number of aromatic nitrogens is 2. The Labute approximate surface area is 147 Å². The highest BCUT2D eigenvalue weighted by atomic mass is 16.5. The van der Waals surface area contributed by atoms with Crippen molar-refractivity contribution in [2.24, 2.45) is 13.0 Å². The van der Waals surface area contributed by atoms with Crippen LogP contribution in [0.5, 0.6) is 5.75 Å². The van der Waals surface area contributed by atoms with Crippen LogP contribution in [0.1, 0.15) is 29.8 Å². The Balaban J connectivity index is 1.73. The molecule has 0 aliphatic heterocycles. The first-order chi connectivity index (χ1) is 12.1. The third-order valence-electron chi connectivity index (χ3n) is 4.41. The van der Waals surface area contributed by atoms with Gasteiger partial charge in [0.05, 0.1) is 17.9 Å². The number of rotatable bonds is 4. The molecule has 4 heteroatoms. The highest BCUT2D eigenvalue weighted by molar-refractivity contribution is 6.23. The van der Waals surface area contributed by atoms with Crippen molar-refractivity contribution < 1.29 is 9.53 Å². The van der Waals surface area contributed by atoms with E-state index in [2.05, 4.69) is 18.9 Å². The van der Waals surface area contributed by atoms with Crippen LogP contribution in [0.3, 0.4) is 0 Å². The Hall–Kier alpha value is -2.88. The van der Waals surface area contributed by atoms with Gasteiger partial charge in [0.1, 0.15) is 11.4 Å². The Morgan fingerprint density at radius 3 is 2.40 bits per heavy atom. The summed E-state index contributed by atoms with van der Waals surface area (Å²) in [6.45, 7) is 4.93. The normalized spacial score (nSPS) is 12.4. The molecule has 0 N–H and O–H groups in total. The molecular formula is C21H20N2O2. The number of hydrogen-bond acceptors (Lipinski definition) is 3. The molecule has 0 saturated heterocycles. The number of fused-ring (bicyclic) bond motifs is 3. The topological polar surface area (TPSA) is 44.1 Å². The lowest BCUT2D eigenvalue weighted by Crippen LogP contribution is -2.04. The second-order valence-electron chi connectivity index (χ2n) is 6.80. The van der Waals surface area contributed by atoms with E-state index in [1.54, 1.807) is 4.68 Å². The molecule has 3 aromatic rings. The molecule has 0 atom stereocenters. The number of ether oxygens (including phenoxy) is 1. The van der Waals surface area contributed by atoms with Gasteiger partial charge in [0.2, 0.25) is 0 Å². The number of hydrogen-bond donors (Lipinski definition) is 0. The van der Waals surface area contributed by atoms with E-state index < -0.39 is 0 Å². The fraction of sp³-hybridized carbons (Fsp3) is 0.238. The van der Waals surface area contributed by atoms with E-state index in [0.717, 1.165) is 33.8 Å².